The first-order valence-corrected chi connectivity index (χ1v) is 9.69. The van der Waals surface area contributed by atoms with Crippen LogP contribution >= 0.6 is 0 Å². The maximum Gasteiger partial charge on any atom is 0.410 e. The second-order valence-electron chi connectivity index (χ2n) is 7.21. The van der Waals surface area contributed by atoms with Gasteiger partial charge in [-0.1, -0.05) is 29.9 Å². The highest BCUT2D eigenvalue weighted by molar-refractivity contribution is 5.68. The van der Waals surface area contributed by atoms with Crippen molar-refractivity contribution in [2.24, 2.45) is 4.99 Å². The average Bonchev–Trinajstić information content (AvgIpc) is 2.93. The maximum atomic E-state index is 12.4. The van der Waals surface area contributed by atoms with Crippen LogP contribution in [0.2, 0.25) is 0 Å². The van der Waals surface area contributed by atoms with E-state index >= 15 is 0 Å². The lowest BCUT2D eigenvalue weighted by molar-refractivity contribution is 0.121. The van der Waals surface area contributed by atoms with Crippen LogP contribution in [0.15, 0.2) is 63.5 Å². The fraction of sp³-hybridized carbons (Fsp3) is 0.455. The van der Waals surface area contributed by atoms with Gasteiger partial charge < -0.3 is 14.7 Å². The molecular formula is C22H28N2O3. The Morgan fingerprint density at radius 2 is 2.07 bits per heavy atom. The molecule has 1 aliphatic heterocycles. The predicted octanol–water partition coefficient (Wildman–Crippen LogP) is 5.00. The Kier molecular flexibility index (Phi) is 6.69. The summed E-state index contributed by atoms with van der Waals surface area (Å²) in [5.74, 6) is 0.401. The third-order valence-corrected chi connectivity index (χ3v) is 5.02. The van der Waals surface area contributed by atoms with Crippen LogP contribution in [0.4, 0.5) is 4.79 Å². The number of carbonyl (C=O) groups is 1. The summed E-state index contributed by atoms with van der Waals surface area (Å²) < 4.78 is 5.60. The third-order valence-electron chi connectivity index (χ3n) is 5.02. The van der Waals surface area contributed by atoms with Crippen molar-refractivity contribution in [2.75, 3.05) is 20.2 Å². The van der Waals surface area contributed by atoms with Crippen molar-refractivity contribution < 1.29 is 14.6 Å². The number of allylic oxidation sites excluding steroid dienone is 7. The van der Waals surface area contributed by atoms with Crippen LogP contribution in [0.3, 0.4) is 0 Å². The van der Waals surface area contributed by atoms with E-state index in [1.807, 2.05) is 18.4 Å². The number of ether oxygens (including phenoxy) is 1. The van der Waals surface area contributed by atoms with Gasteiger partial charge in [-0.05, 0) is 55.7 Å². The minimum Gasteiger partial charge on any atom is -0.512 e. The number of aliphatic hydroxyl groups is 1. The van der Waals surface area contributed by atoms with Crippen LogP contribution in [0, 0.1) is 0 Å². The molecule has 0 aromatic rings. The SMILES string of the molecule is CN(CC1=CC=CCC1)C(=O)OCC1=C(C2=CC=C(O)CC2)N=CCCC1. The van der Waals surface area contributed by atoms with Gasteiger partial charge in [0.15, 0.2) is 0 Å². The Morgan fingerprint density at radius 1 is 1.19 bits per heavy atom. The third kappa shape index (κ3) is 5.46. The van der Waals surface area contributed by atoms with E-state index in [1.165, 1.54) is 5.57 Å². The highest BCUT2D eigenvalue weighted by Crippen LogP contribution is 2.29. The van der Waals surface area contributed by atoms with E-state index < -0.39 is 0 Å². The minimum atomic E-state index is -0.305. The number of aliphatic imine (C=N–C) groups is 1. The number of nitrogens with zero attached hydrogens (tertiary/aromatic N) is 2. The molecule has 0 saturated carbocycles. The zero-order valence-corrected chi connectivity index (χ0v) is 16.0. The standard InChI is InChI=1S/C22H28N2O3/c1-24(15-17-7-3-2-4-8-17)22(26)27-16-19-9-5-6-14-23-21(19)18-10-12-20(25)13-11-18/h2-3,7,10,12,14,25H,4-6,8-9,11,13,15-16H2,1H3. The number of amides is 1. The largest absolute Gasteiger partial charge is 0.512 e. The van der Waals surface area contributed by atoms with Gasteiger partial charge in [-0.15, -0.1) is 0 Å². The van der Waals surface area contributed by atoms with Gasteiger partial charge in [0.25, 0.3) is 0 Å². The molecule has 0 radical (unpaired) electrons. The fourth-order valence-corrected chi connectivity index (χ4v) is 3.46. The van der Waals surface area contributed by atoms with E-state index in [0.717, 1.165) is 55.4 Å². The number of hydrogen-bond acceptors (Lipinski definition) is 4. The van der Waals surface area contributed by atoms with Crippen LogP contribution in [0.1, 0.15) is 44.9 Å². The first-order valence-electron chi connectivity index (χ1n) is 9.69. The molecule has 5 nitrogen and oxygen atoms in total. The molecule has 0 unspecified atom stereocenters. The van der Waals surface area contributed by atoms with Crippen LogP contribution in [-0.4, -0.2) is 42.5 Å². The predicted molar refractivity (Wildman–Crippen MR) is 108 cm³/mol. The van der Waals surface area contributed by atoms with Crippen molar-refractivity contribution in [3.63, 3.8) is 0 Å². The molecule has 0 atom stereocenters. The monoisotopic (exact) mass is 368 g/mol. The van der Waals surface area contributed by atoms with E-state index in [0.29, 0.717) is 18.7 Å². The minimum absolute atomic E-state index is 0.266. The molecule has 0 fully saturated rings. The summed E-state index contributed by atoms with van der Waals surface area (Å²) >= 11 is 0. The number of hydrogen-bond donors (Lipinski definition) is 1. The molecule has 0 bridgehead atoms. The summed E-state index contributed by atoms with van der Waals surface area (Å²) in [7, 11) is 1.78. The second kappa shape index (κ2) is 9.40. The van der Waals surface area contributed by atoms with Gasteiger partial charge in [0.2, 0.25) is 0 Å². The molecule has 3 aliphatic rings. The maximum absolute atomic E-state index is 12.4. The number of likely N-dealkylation sites (N-methyl/N-ethyl adjacent to an activating group) is 1. The molecule has 0 aromatic carbocycles. The molecule has 1 heterocycles. The number of carbonyl (C=O) groups excluding carboxylic acids is 1. The van der Waals surface area contributed by atoms with Crippen LogP contribution < -0.4 is 0 Å². The number of rotatable bonds is 5. The van der Waals surface area contributed by atoms with Crippen molar-refractivity contribution in [2.45, 2.75) is 44.9 Å². The van der Waals surface area contributed by atoms with Crippen LogP contribution in [0.25, 0.3) is 0 Å². The topological polar surface area (TPSA) is 62.1 Å². The van der Waals surface area contributed by atoms with E-state index in [-0.39, 0.29) is 12.7 Å². The van der Waals surface area contributed by atoms with Crippen molar-refractivity contribution in [3.8, 4) is 0 Å². The second-order valence-corrected chi connectivity index (χ2v) is 7.21. The average molecular weight is 368 g/mol. The Labute approximate surface area is 161 Å². The molecule has 5 heteroatoms. The summed E-state index contributed by atoms with van der Waals surface area (Å²) in [6, 6.07) is 0. The first-order chi connectivity index (χ1) is 13.1. The van der Waals surface area contributed by atoms with Crippen molar-refractivity contribution >= 4 is 12.3 Å². The molecule has 3 rings (SSSR count). The van der Waals surface area contributed by atoms with Gasteiger partial charge in [-0.3, -0.25) is 4.99 Å². The lowest BCUT2D eigenvalue weighted by Crippen LogP contribution is -2.30. The fourth-order valence-electron chi connectivity index (χ4n) is 3.46. The smallest absolute Gasteiger partial charge is 0.410 e. The Hall–Kier alpha value is -2.56. The van der Waals surface area contributed by atoms with Crippen molar-refractivity contribution in [3.05, 3.63) is 58.6 Å². The first kappa shape index (κ1) is 19.2. The zero-order valence-electron chi connectivity index (χ0n) is 16.0. The lowest BCUT2D eigenvalue weighted by Gasteiger charge is -2.21. The summed E-state index contributed by atoms with van der Waals surface area (Å²) in [6.45, 7) is 0.865. The lowest BCUT2D eigenvalue weighted by atomic mass is 9.96. The van der Waals surface area contributed by atoms with Crippen LogP contribution in [-0.2, 0) is 4.74 Å². The summed E-state index contributed by atoms with van der Waals surface area (Å²) in [6.07, 6.45) is 17.8. The van der Waals surface area contributed by atoms with E-state index in [2.05, 4.69) is 17.1 Å². The van der Waals surface area contributed by atoms with Gasteiger partial charge >= 0.3 is 6.09 Å². The Bertz CT molecular complexity index is 754. The molecule has 0 spiro atoms. The molecule has 0 aromatic heterocycles. The van der Waals surface area contributed by atoms with Gasteiger partial charge in [-0.25, -0.2) is 4.79 Å². The van der Waals surface area contributed by atoms with Crippen molar-refractivity contribution in [1.82, 2.24) is 4.90 Å². The van der Waals surface area contributed by atoms with E-state index in [1.54, 1.807) is 18.0 Å². The quantitative estimate of drug-likeness (QED) is 0.742. The van der Waals surface area contributed by atoms with Gasteiger partial charge in [0.05, 0.1) is 11.5 Å². The molecule has 144 valence electrons. The molecule has 1 N–H and O–H groups in total. The normalized spacial score (nSPS) is 19.8. The zero-order chi connectivity index (χ0) is 19.1. The van der Waals surface area contributed by atoms with Crippen LogP contribution in [0.5, 0.6) is 0 Å². The van der Waals surface area contributed by atoms with E-state index in [9.17, 15) is 9.90 Å². The Morgan fingerprint density at radius 3 is 2.81 bits per heavy atom. The van der Waals surface area contributed by atoms with Crippen molar-refractivity contribution in [1.29, 1.82) is 0 Å². The van der Waals surface area contributed by atoms with Gasteiger partial charge in [0.1, 0.15) is 6.61 Å². The Balaban J connectivity index is 1.64. The summed E-state index contributed by atoms with van der Waals surface area (Å²) in [5, 5.41) is 9.60. The molecule has 27 heavy (non-hydrogen) atoms. The highest BCUT2D eigenvalue weighted by atomic mass is 16.6. The van der Waals surface area contributed by atoms with E-state index in [4.69, 9.17) is 4.74 Å². The molecule has 0 saturated heterocycles. The van der Waals surface area contributed by atoms with Gasteiger partial charge in [-0.2, -0.15) is 0 Å². The number of aliphatic hydroxyl groups excluding tert-OH is 1. The summed E-state index contributed by atoms with van der Waals surface area (Å²) in [5.41, 5.74) is 4.33. The molecule has 1 amide bonds. The van der Waals surface area contributed by atoms with Gasteiger partial charge in [0, 0.05) is 26.2 Å². The highest BCUT2D eigenvalue weighted by Gasteiger charge is 2.18. The molecule has 2 aliphatic carbocycles. The molecular weight excluding hydrogens is 340 g/mol. The summed E-state index contributed by atoms with van der Waals surface area (Å²) in [4.78, 5) is 18.7.